The van der Waals surface area contributed by atoms with Gasteiger partial charge in [-0.3, -0.25) is 9.59 Å². The van der Waals surface area contributed by atoms with Gasteiger partial charge in [-0.1, -0.05) is 0 Å². The highest BCUT2D eigenvalue weighted by atomic mass is 17.4. The molecule has 0 aliphatic heterocycles. The Hall–Kier alpha value is -1.30. The molecule has 1 amide bonds. The number of nitrogens with one attached hydrogen (secondary N) is 2. The molecule has 0 aromatic rings. The second kappa shape index (κ2) is 8.81. The average molecular weight is 253 g/mol. The van der Waals surface area contributed by atoms with E-state index in [1.165, 1.54) is 0 Å². The van der Waals surface area contributed by atoms with Gasteiger partial charge in [-0.15, -0.1) is 0 Å². The molecule has 0 fully saturated rings. The predicted molar refractivity (Wildman–Crippen MR) is 51.0 cm³/mol. The standard InChI is InChI=1S/C7H15N3O7/c8-5(7(12)13)1-2-6(11)9-3-4-16-17-10(14)15/h5,10,14H,1-4,8H2,(H,9,11)(H,12,13)/t5-/m0/s1. The number of carbonyl (C=O) groups is 2. The van der Waals surface area contributed by atoms with Crippen molar-refractivity contribution in [2.45, 2.75) is 18.9 Å². The van der Waals surface area contributed by atoms with E-state index in [0.717, 1.165) is 0 Å². The van der Waals surface area contributed by atoms with Crippen molar-refractivity contribution in [2.75, 3.05) is 13.2 Å². The van der Waals surface area contributed by atoms with Crippen LogP contribution in [0.1, 0.15) is 12.8 Å². The van der Waals surface area contributed by atoms with Crippen molar-refractivity contribution in [3.8, 4) is 0 Å². The van der Waals surface area contributed by atoms with Gasteiger partial charge in [0.05, 0.1) is 0 Å². The Kier molecular flexibility index (Phi) is 8.13. The van der Waals surface area contributed by atoms with Crippen LogP contribution in [-0.2, 0) is 19.5 Å². The highest BCUT2D eigenvalue weighted by Crippen LogP contribution is 1.94. The number of rotatable bonds is 9. The Labute approximate surface area is 96.3 Å². The predicted octanol–water partition coefficient (Wildman–Crippen LogP) is -3.07. The third-order valence-corrected chi connectivity index (χ3v) is 1.64. The summed E-state index contributed by atoms with van der Waals surface area (Å²) in [6.45, 7) is -0.0859. The van der Waals surface area contributed by atoms with Crippen molar-refractivity contribution in [3.63, 3.8) is 0 Å². The first-order valence-electron chi connectivity index (χ1n) is 4.71. The minimum atomic E-state index is -1.58. The Morgan fingerprint density at radius 3 is 2.71 bits per heavy atom. The monoisotopic (exact) mass is 253 g/mol. The highest BCUT2D eigenvalue weighted by Gasteiger charge is 2.13. The van der Waals surface area contributed by atoms with E-state index in [9.17, 15) is 14.8 Å². The van der Waals surface area contributed by atoms with Crippen molar-refractivity contribution in [1.29, 1.82) is 0 Å². The second-order valence-electron chi connectivity index (χ2n) is 3.00. The number of quaternary nitrogens is 1. The molecule has 0 bridgehead atoms. The van der Waals surface area contributed by atoms with Gasteiger partial charge in [0.1, 0.15) is 12.6 Å². The molecule has 0 aliphatic rings. The van der Waals surface area contributed by atoms with Crippen LogP contribution >= 0.6 is 0 Å². The number of amides is 1. The van der Waals surface area contributed by atoms with Crippen LogP contribution in [0.2, 0.25) is 0 Å². The molecule has 0 saturated carbocycles. The van der Waals surface area contributed by atoms with Gasteiger partial charge in [-0.2, -0.15) is 10.1 Å². The Bertz CT molecular complexity index is 248. The summed E-state index contributed by atoms with van der Waals surface area (Å²) in [6.07, 6.45) is -0.0130. The average Bonchev–Trinajstić information content (AvgIpc) is 2.24. The summed E-state index contributed by atoms with van der Waals surface area (Å²) in [7, 11) is 0. The van der Waals surface area contributed by atoms with Crippen LogP contribution in [-0.4, -0.2) is 41.4 Å². The molecular weight excluding hydrogens is 238 g/mol. The molecule has 0 radical (unpaired) electrons. The van der Waals surface area contributed by atoms with Gasteiger partial charge < -0.3 is 21.4 Å². The van der Waals surface area contributed by atoms with E-state index in [0.29, 0.717) is 0 Å². The summed E-state index contributed by atoms with van der Waals surface area (Å²) in [5, 5.41) is 27.1. The zero-order valence-electron chi connectivity index (χ0n) is 8.92. The number of hydrogen-bond donors (Lipinski definition) is 5. The van der Waals surface area contributed by atoms with Crippen molar-refractivity contribution in [2.24, 2.45) is 5.73 Å². The maximum absolute atomic E-state index is 11.1. The number of nitrogens with two attached hydrogens (primary N) is 1. The third-order valence-electron chi connectivity index (χ3n) is 1.64. The van der Waals surface area contributed by atoms with Gasteiger partial charge in [0.25, 0.3) is 0 Å². The number of carboxylic acids is 1. The highest BCUT2D eigenvalue weighted by molar-refractivity contribution is 5.78. The summed E-state index contributed by atoms with van der Waals surface area (Å²) in [5.41, 5.74) is 5.18. The summed E-state index contributed by atoms with van der Waals surface area (Å²) in [5.74, 6) is -1.57. The lowest BCUT2D eigenvalue weighted by atomic mass is 10.1. The molecule has 0 aliphatic carbocycles. The van der Waals surface area contributed by atoms with Crippen LogP contribution in [0.5, 0.6) is 0 Å². The first-order chi connectivity index (χ1) is 7.93. The SMILES string of the molecule is N[C@@H](CCC(=O)NCCOO[NH+]([O-])O)C(=O)O. The number of carbonyl (C=O) groups excluding carboxylic acids is 1. The molecule has 100 valence electrons. The van der Waals surface area contributed by atoms with E-state index >= 15 is 0 Å². The maximum Gasteiger partial charge on any atom is 0.320 e. The molecule has 0 aromatic heterocycles. The zero-order valence-corrected chi connectivity index (χ0v) is 8.92. The minimum absolute atomic E-state index is 0.0215. The van der Waals surface area contributed by atoms with Gasteiger partial charge >= 0.3 is 5.97 Å². The summed E-state index contributed by atoms with van der Waals surface area (Å²) in [4.78, 5) is 29.3. The van der Waals surface area contributed by atoms with E-state index in [1.807, 2.05) is 0 Å². The molecule has 0 saturated heterocycles. The Morgan fingerprint density at radius 1 is 1.53 bits per heavy atom. The lowest BCUT2D eigenvalue weighted by molar-refractivity contribution is -1.24. The second-order valence-corrected chi connectivity index (χ2v) is 3.00. The van der Waals surface area contributed by atoms with Crippen LogP contribution in [0.4, 0.5) is 0 Å². The van der Waals surface area contributed by atoms with E-state index in [-0.39, 0.29) is 26.0 Å². The van der Waals surface area contributed by atoms with Crippen LogP contribution < -0.4 is 16.4 Å². The van der Waals surface area contributed by atoms with E-state index in [4.69, 9.17) is 16.0 Å². The van der Waals surface area contributed by atoms with Gasteiger partial charge in [0.2, 0.25) is 5.91 Å². The molecule has 1 unspecified atom stereocenters. The van der Waals surface area contributed by atoms with Crippen LogP contribution in [0.25, 0.3) is 0 Å². The largest absolute Gasteiger partial charge is 0.564 e. The molecular formula is C7H15N3O7. The molecule has 0 aromatic carbocycles. The minimum Gasteiger partial charge on any atom is -0.564 e. The van der Waals surface area contributed by atoms with Crippen molar-refractivity contribution >= 4 is 11.9 Å². The fourth-order valence-electron chi connectivity index (χ4n) is 0.823. The lowest BCUT2D eigenvalue weighted by Crippen LogP contribution is -3.03. The topological polar surface area (TPSA) is 159 Å². The molecule has 10 heteroatoms. The maximum atomic E-state index is 11.1. The fourth-order valence-corrected chi connectivity index (χ4v) is 0.823. The van der Waals surface area contributed by atoms with Gasteiger partial charge in [0.15, 0.2) is 0 Å². The van der Waals surface area contributed by atoms with Crippen molar-refractivity contribution in [1.82, 2.24) is 5.32 Å². The number of carboxylic acid groups (broad SMARTS) is 1. The number of aliphatic carboxylic acids is 1. The number of hydrogen-bond acceptors (Lipinski definition) is 7. The molecule has 0 heterocycles. The van der Waals surface area contributed by atoms with E-state index in [1.54, 1.807) is 0 Å². The normalized spacial score (nSPS) is 14.1. The molecule has 6 N–H and O–H groups in total. The van der Waals surface area contributed by atoms with E-state index < -0.39 is 23.3 Å². The Balaban J connectivity index is 3.44. The summed E-state index contributed by atoms with van der Waals surface area (Å²) in [6, 6.07) is -1.08. The van der Waals surface area contributed by atoms with Crippen LogP contribution in [0, 0.1) is 5.21 Å². The lowest BCUT2D eigenvalue weighted by Gasteiger charge is -2.09. The first-order valence-corrected chi connectivity index (χ1v) is 4.71. The van der Waals surface area contributed by atoms with Crippen LogP contribution in [0.3, 0.4) is 0 Å². The van der Waals surface area contributed by atoms with Gasteiger partial charge in [-0.25, -0.2) is 0 Å². The Morgan fingerprint density at radius 2 is 2.18 bits per heavy atom. The molecule has 0 spiro atoms. The fraction of sp³-hybridized carbons (Fsp3) is 0.714. The van der Waals surface area contributed by atoms with Crippen LogP contribution in [0.15, 0.2) is 0 Å². The quantitative estimate of drug-likeness (QED) is 0.164. The molecule has 10 nitrogen and oxygen atoms in total. The molecule has 17 heavy (non-hydrogen) atoms. The van der Waals surface area contributed by atoms with Crippen molar-refractivity contribution in [3.05, 3.63) is 5.21 Å². The molecule has 2 atom stereocenters. The smallest absolute Gasteiger partial charge is 0.320 e. The molecule has 0 rings (SSSR count). The first kappa shape index (κ1) is 15.7. The summed E-state index contributed by atoms with van der Waals surface area (Å²) < 4.78 is 0. The third kappa shape index (κ3) is 9.62. The summed E-state index contributed by atoms with van der Waals surface area (Å²) >= 11 is 0. The van der Waals surface area contributed by atoms with Crippen molar-refractivity contribution < 1.29 is 35.2 Å². The van der Waals surface area contributed by atoms with Gasteiger partial charge in [0, 0.05) is 18.0 Å². The van der Waals surface area contributed by atoms with E-state index in [2.05, 4.69) is 15.2 Å². The zero-order chi connectivity index (χ0) is 13.3. The van der Waals surface area contributed by atoms with Gasteiger partial charge in [-0.05, 0) is 11.8 Å².